The number of carbonyl (C=O) groups excluding carboxylic acids is 1. The molecule has 1 aliphatic rings. The predicted molar refractivity (Wildman–Crippen MR) is 89.8 cm³/mol. The van der Waals surface area contributed by atoms with Gasteiger partial charge in [-0.3, -0.25) is 0 Å². The normalized spacial score (nSPS) is 14.0. The maximum atomic E-state index is 11.9. The van der Waals surface area contributed by atoms with Gasteiger partial charge in [-0.15, -0.1) is 10.2 Å². The maximum Gasteiger partial charge on any atom is 0.319 e. The number of benzene rings is 1. The Labute approximate surface area is 140 Å². The first-order valence-corrected chi connectivity index (χ1v) is 8.32. The molecule has 2 N–H and O–H groups in total. The molecule has 2 amide bonds. The van der Waals surface area contributed by atoms with Crippen LogP contribution >= 0.6 is 11.6 Å². The van der Waals surface area contributed by atoms with Gasteiger partial charge in [0.1, 0.15) is 11.6 Å². The van der Waals surface area contributed by atoms with Crippen molar-refractivity contribution in [3.63, 3.8) is 0 Å². The summed E-state index contributed by atoms with van der Waals surface area (Å²) >= 11 is 6.01. The van der Waals surface area contributed by atoms with Crippen LogP contribution in [0.25, 0.3) is 0 Å². The summed E-state index contributed by atoms with van der Waals surface area (Å²) in [4.78, 5) is 11.9. The van der Waals surface area contributed by atoms with E-state index in [2.05, 4.69) is 25.4 Å². The minimum Gasteiger partial charge on any atom is -0.337 e. The number of carbonyl (C=O) groups is 1. The van der Waals surface area contributed by atoms with Crippen LogP contribution in [0.2, 0.25) is 5.02 Å². The molecule has 23 heavy (non-hydrogen) atoms. The number of fused-ring (bicyclic) bond motifs is 1. The summed E-state index contributed by atoms with van der Waals surface area (Å²) in [7, 11) is 0. The Morgan fingerprint density at radius 2 is 2.09 bits per heavy atom. The second-order valence-electron chi connectivity index (χ2n) is 5.61. The lowest BCUT2D eigenvalue weighted by atomic mass is 10.2. The topological polar surface area (TPSA) is 71.8 Å². The fourth-order valence-electron chi connectivity index (χ4n) is 2.75. The van der Waals surface area contributed by atoms with Crippen molar-refractivity contribution in [1.82, 2.24) is 20.1 Å². The Bertz CT molecular complexity index is 685. The highest BCUT2D eigenvalue weighted by Gasteiger charge is 2.14. The molecule has 0 fully saturated rings. The molecule has 122 valence electrons. The van der Waals surface area contributed by atoms with E-state index < -0.39 is 0 Å². The van der Waals surface area contributed by atoms with E-state index in [-0.39, 0.29) is 6.03 Å². The molecule has 0 saturated carbocycles. The molecule has 0 aliphatic carbocycles. The van der Waals surface area contributed by atoms with Crippen LogP contribution in [0.1, 0.15) is 30.9 Å². The van der Waals surface area contributed by atoms with E-state index in [0.29, 0.717) is 23.7 Å². The SMILES string of the molecule is O=C(NCCc1nnc2n1CCCCC2)Nc1ccccc1Cl. The van der Waals surface area contributed by atoms with Crippen LogP contribution in [0, 0.1) is 0 Å². The predicted octanol–water partition coefficient (Wildman–Crippen LogP) is 3.02. The smallest absolute Gasteiger partial charge is 0.319 e. The zero-order valence-electron chi connectivity index (χ0n) is 12.9. The number of rotatable bonds is 4. The average molecular weight is 334 g/mol. The quantitative estimate of drug-likeness (QED) is 0.903. The van der Waals surface area contributed by atoms with E-state index in [4.69, 9.17) is 11.6 Å². The van der Waals surface area contributed by atoms with Gasteiger partial charge in [-0.1, -0.05) is 30.2 Å². The van der Waals surface area contributed by atoms with Crippen LogP contribution in [0.4, 0.5) is 10.5 Å². The summed E-state index contributed by atoms with van der Waals surface area (Å²) in [5.41, 5.74) is 0.600. The number of nitrogens with one attached hydrogen (secondary N) is 2. The third-order valence-electron chi connectivity index (χ3n) is 3.94. The minimum atomic E-state index is -0.270. The van der Waals surface area contributed by atoms with E-state index in [1.807, 2.05) is 12.1 Å². The summed E-state index contributed by atoms with van der Waals surface area (Å²) in [6.07, 6.45) is 5.24. The van der Waals surface area contributed by atoms with Gasteiger partial charge in [0.05, 0.1) is 10.7 Å². The van der Waals surface area contributed by atoms with Crippen LogP contribution in [0.3, 0.4) is 0 Å². The third kappa shape index (κ3) is 4.01. The number of hydrogen-bond donors (Lipinski definition) is 2. The van der Waals surface area contributed by atoms with E-state index in [9.17, 15) is 4.79 Å². The molecule has 1 aliphatic heterocycles. The number of halogens is 1. The standard InChI is InChI=1S/C16H20ClN5O/c17-12-6-3-4-7-13(12)19-16(23)18-10-9-15-21-20-14-8-2-1-5-11-22(14)15/h3-4,6-7H,1-2,5,8-11H2,(H2,18,19,23). The number of aromatic nitrogens is 3. The fraction of sp³-hybridized carbons (Fsp3) is 0.438. The van der Waals surface area contributed by atoms with Crippen LogP contribution in [-0.4, -0.2) is 27.3 Å². The van der Waals surface area contributed by atoms with Crippen molar-refractivity contribution in [3.05, 3.63) is 40.9 Å². The molecule has 1 aromatic carbocycles. The molecule has 0 bridgehead atoms. The molecule has 3 rings (SSSR count). The molecule has 0 radical (unpaired) electrons. The number of para-hydroxylation sites is 1. The number of urea groups is 1. The van der Waals surface area contributed by atoms with Gasteiger partial charge in [0.2, 0.25) is 0 Å². The van der Waals surface area contributed by atoms with Gasteiger partial charge in [0.25, 0.3) is 0 Å². The van der Waals surface area contributed by atoms with Gasteiger partial charge in [-0.2, -0.15) is 0 Å². The number of hydrogen-bond acceptors (Lipinski definition) is 3. The van der Waals surface area contributed by atoms with Gasteiger partial charge in [-0.25, -0.2) is 4.79 Å². The molecule has 0 spiro atoms. The van der Waals surface area contributed by atoms with E-state index in [1.54, 1.807) is 12.1 Å². The highest BCUT2D eigenvalue weighted by molar-refractivity contribution is 6.33. The Hall–Kier alpha value is -2.08. The van der Waals surface area contributed by atoms with E-state index >= 15 is 0 Å². The van der Waals surface area contributed by atoms with Crippen molar-refractivity contribution in [2.75, 3.05) is 11.9 Å². The Kier molecular flexibility index (Phi) is 5.12. The highest BCUT2D eigenvalue weighted by atomic mass is 35.5. The molecule has 1 aromatic heterocycles. The van der Waals surface area contributed by atoms with Crippen molar-refractivity contribution < 1.29 is 4.79 Å². The van der Waals surface area contributed by atoms with Crippen molar-refractivity contribution >= 4 is 23.3 Å². The lowest BCUT2D eigenvalue weighted by Gasteiger charge is -2.09. The first kappa shape index (κ1) is 15.8. The largest absolute Gasteiger partial charge is 0.337 e. The van der Waals surface area contributed by atoms with Crippen LogP contribution in [0.15, 0.2) is 24.3 Å². The summed E-state index contributed by atoms with van der Waals surface area (Å²) in [6, 6.07) is 6.88. The van der Waals surface area contributed by atoms with E-state index in [0.717, 1.165) is 24.6 Å². The van der Waals surface area contributed by atoms with Gasteiger partial charge in [-0.05, 0) is 25.0 Å². The Morgan fingerprint density at radius 3 is 2.96 bits per heavy atom. The van der Waals surface area contributed by atoms with Gasteiger partial charge in [0, 0.05) is 25.9 Å². The van der Waals surface area contributed by atoms with E-state index in [1.165, 1.54) is 19.3 Å². The highest BCUT2D eigenvalue weighted by Crippen LogP contribution is 2.20. The molecular formula is C16H20ClN5O. The zero-order chi connectivity index (χ0) is 16.1. The molecule has 6 nitrogen and oxygen atoms in total. The number of nitrogens with zero attached hydrogens (tertiary/aromatic N) is 3. The van der Waals surface area contributed by atoms with Crippen LogP contribution < -0.4 is 10.6 Å². The number of anilines is 1. The van der Waals surface area contributed by atoms with Crippen molar-refractivity contribution in [2.24, 2.45) is 0 Å². The van der Waals surface area contributed by atoms with Crippen molar-refractivity contribution in [2.45, 2.75) is 38.6 Å². The summed E-state index contributed by atoms with van der Waals surface area (Å²) in [5, 5.41) is 14.6. The molecule has 2 aromatic rings. The average Bonchev–Trinajstić information content (AvgIpc) is 2.78. The second kappa shape index (κ2) is 7.46. The summed E-state index contributed by atoms with van der Waals surface area (Å²) in [6.45, 7) is 1.48. The molecule has 0 saturated heterocycles. The fourth-order valence-corrected chi connectivity index (χ4v) is 2.93. The first-order chi connectivity index (χ1) is 11.2. The molecule has 7 heteroatoms. The molecule has 2 heterocycles. The maximum absolute atomic E-state index is 11.9. The van der Waals surface area contributed by atoms with Gasteiger partial charge < -0.3 is 15.2 Å². The van der Waals surface area contributed by atoms with Crippen LogP contribution in [-0.2, 0) is 19.4 Å². The lowest BCUT2D eigenvalue weighted by molar-refractivity contribution is 0.252. The van der Waals surface area contributed by atoms with Crippen LogP contribution in [0.5, 0.6) is 0 Å². The summed E-state index contributed by atoms with van der Waals surface area (Å²) < 4.78 is 2.20. The number of amides is 2. The van der Waals surface area contributed by atoms with Crippen molar-refractivity contribution in [3.8, 4) is 0 Å². The monoisotopic (exact) mass is 333 g/mol. The van der Waals surface area contributed by atoms with Gasteiger partial charge >= 0.3 is 6.03 Å². The van der Waals surface area contributed by atoms with Gasteiger partial charge in [0.15, 0.2) is 0 Å². The molecule has 0 atom stereocenters. The number of aryl methyl sites for hydroxylation is 1. The lowest BCUT2D eigenvalue weighted by Crippen LogP contribution is -2.31. The summed E-state index contributed by atoms with van der Waals surface area (Å²) in [5.74, 6) is 2.01. The zero-order valence-corrected chi connectivity index (χ0v) is 13.6. The Morgan fingerprint density at radius 1 is 1.22 bits per heavy atom. The van der Waals surface area contributed by atoms with Crippen molar-refractivity contribution in [1.29, 1.82) is 0 Å². The molecule has 0 unspecified atom stereocenters. The minimum absolute atomic E-state index is 0.270. The third-order valence-corrected chi connectivity index (χ3v) is 4.27. The molecular weight excluding hydrogens is 314 g/mol. The first-order valence-electron chi connectivity index (χ1n) is 7.94. The Balaban J connectivity index is 1.51. The second-order valence-corrected chi connectivity index (χ2v) is 6.01.